The van der Waals surface area contributed by atoms with Crippen LogP contribution < -0.4 is 10.1 Å². The van der Waals surface area contributed by atoms with Crippen molar-refractivity contribution in [3.05, 3.63) is 90.0 Å². The summed E-state index contributed by atoms with van der Waals surface area (Å²) in [6, 6.07) is 21.8. The standard InChI is InChI=1S/C23H19NO6/c1-28-22(26)16-11-13-17(14-12-16)24-21(25)15-29-23(27)19-9-5-6-10-20(19)30-18-7-3-2-4-8-18/h2-14H,15H2,1H3,(H,24,25). The Bertz CT molecular complexity index is 1030. The number of rotatable bonds is 7. The highest BCUT2D eigenvalue weighted by Gasteiger charge is 2.16. The van der Waals surface area contributed by atoms with Gasteiger partial charge in [0.25, 0.3) is 5.91 Å². The third kappa shape index (κ3) is 5.45. The molecule has 0 radical (unpaired) electrons. The molecule has 1 N–H and O–H groups in total. The van der Waals surface area contributed by atoms with Crippen LogP contribution in [0.5, 0.6) is 11.5 Å². The third-order valence-electron chi connectivity index (χ3n) is 4.00. The number of nitrogens with one attached hydrogen (secondary N) is 1. The maximum Gasteiger partial charge on any atom is 0.342 e. The van der Waals surface area contributed by atoms with Gasteiger partial charge >= 0.3 is 11.9 Å². The highest BCUT2D eigenvalue weighted by atomic mass is 16.5. The highest BCUT2D eigenvalue weighted by Crippen LogP contribution is 2.25. The number of hydrogen-bond donors (Lipinski definition) is 1. The second-order valence-corrected chi connectivity index (χ2v) is 6.10. The van der Waals surface area contributed by atoms with Crippen molar-refractivity contribution in [2.24, 2.45) is 0 Å². The van der Waals surface area contributed by atoms with Crippen LogP contribution in [0, 0.1) is 0 Å². The van der Waals surface area contributed by atoms with Crippen molar-refractivity contribution in [1.82, 2.24) is 0 Å². The summed E-state index contributed by atoms with van der Waals surface area (Å²) in [7, 11) is 1.29. The van der Waals surface area contributed by atoms with E-state index in [4.69, 9.17) is 9.47 Å². The average molecular weight is 405 g/mol. The van der Waals surface area contributed by atoms with Gasteiger partial charge in [-0.15, -0.1) is 0 Å². The first-order valence-corrected chi connectivity index (χ1v) is 9.04. The molecule has 30 heavy (non-hydrogen) atoms. The van der Waals surface area contributed by atoms with Gasteiger partial charge in [0.2, 0.25) is 0 Å². The zero-order valence-corrected chi connectivity index (χ0v) is 16.2. The molecule has 1 amide bonds. The van der Waals surface area contributed by atoms with E-state index in [-0.39, 0.29) is 5.56 Å². The number of amides is 1. The fourth-order valence-electron chi connectivity index (χ4n) is 2.55. The lowest BCUT2D eigenvalue weighted by atomic mass is 10.2. The number of para-hydroxylation sites is 2. The minimum absolute atomic E-state index is 0.205. The first kappa shape index (κ1) is 20.6. The summed E-state index contributed by atoms with van der Waals surface area (Å²) in [5, 5.41) is 2.59. The van der Waals surface area contributed by atoms with Crippen LogP contribution in [-0.2, 0) is 14.3 Å². The van der Waals surface area contributed by atoms with E-state index in [0.29, 0.717) is 22.7 Å². The Morgan fingerprint density at radius 1 is 0.800 bits per heavy atom. The lowest BCUT2D eigenvalue weighted by Gasteiger charge is -2.11. The average Bonchev–Trinajstić information content (AvgIpc) is 2.78. The van der Waals surface area contributed by atoms with Crippen molar-refractivity contribution < 1.29 is 28.6 Å². The lowest BCUT2D eigenvalue weighted by molar-refractivity contribution is -0.119. The van der Waals surface area contributed by atoms with E-state index in [9.17, 15) is 14.4 Å². The molecule has 3 rings (SSSR count). The molecule has 152 valence electrons. The summed E-state index contributed by atoms with van der Waals surface area (Å²) in [4.78, 5) is 35.9. The molecule has 3 aromatic rings. The molecule has 7 nitrogen and oxygen atoms in total. The summed E-state index contributed by atoms with van der Waals surface area (Å²) in [6.45, 7) is -0.475. The molecule has 0 spiro atoms. The van der Waals surface area contributed by atoms with Crippen molar-refractivity contribution in [2.75, 3.05) is 19.0 Å². The van der Waals surface area contributed by atoms with Gasteiger partial charge in [-0.3, -0.25) is 4.79 Å². The van der Waals surface area contributed by atoms with E-state index in [1.165, 1.54) is 19.2 Å². The number of carbonyl (C=O) groups excluding carboxylic acids is 3. The van der Waals surface area contributed by atoms with Gasteiger partial charge in [0.05, 0.1) is 12.7 Å². The van der Waals surface area contributed by atoms with E-state index in [1.807, 2.05) is 18.2 Å². The molecule has 0 unspecified atom stereocenters. The second kappa shape index (κ2) is 9.88. The summed E-state index contributed by atoms with van der Waals surface area (Å²) < 4.78 is 15.5. The van der Waals surface area contributed by atoms with Crippen LogP contribution in [0.4, 0.5) is 5.69 Å². The number of carbonyl (C=O) groups is 3. The number of methoxy groups -OCH3 is 1. The summed E-state index contributed by atoms with van der Waals surface area (Å²) in [6.07, 6.45) is 0. The highest BCUT2D eigenvalue weighted by molar-refractivity contribution is 5.97. The molecule has 7 heteroatoms. The van der Waals surface area contributed by atoms with E-state index < -0.39 is 24.5 Å². The minimum Gasteiger partial charge on any atom is -0.465 e. The number of ether oxygens (including phenoxy) is 3. The second-order valence-electron chi connectivity index (χ2n) is 6.10. The fraction of sp³-hybridized carbons (Fsp3) is 0.0870. The summed E-state index contributed by atoms with van der Waals surface area (Å²) in [5.74, 6) is -0.773. The molecule has 0 heterocycles. The van der Waals surface area contributed by atoms with Gasteiger partial charge in [-0.25, -0.2) is 9.59 Å². The Hall–Kier alpha value is -4.13. The van der Waals surface area contributed by atoms with E-state index in [0.717, 1.165) is 0 Å². The zero-order chi connectivity index (χ0) is 21.3. The topological polar surface area (TPSA) is 90.9 Å². The molecule has 0 saturated carbocycles. The Kier molecular flexibility index (Phi) is 6.78. The Labute approximate surface area is 173 Å². The first-order chi connectivity index (χ1) is 14.6. The SMILES string of the molecule is COC(=O)c1ccc(NC(=O)COC(=O)c2ccccc2Oc2ccccc2)cc1. The predicted molar refractivity (Wildman–Crippen MR) is 110 cm³/mol. The summed E-state index contributed by atoms with van der Waals surface area (Å²) >= 11 is 0. The molecule has 0 aliphatic rings. The third-order valence-corrected chi connectivity index (χ3v) is 4.00. The van der Waals surface area contributed by atoms with Crippen molar-refractivity contribution >= 4 is 23.5 Å². The molecule has 0 aromatic heterocycles. The summed E-state index contributed by atoms with van der Waals surface area (Å²) in [5.41, 5.74) is 1.02. The number of anilines is 1. The van der Waals surface area contributed by atoms with Gasteiger partial charge in [0.1, 0.15) is 17.1 Å². The minimum atomic E-state index is -0.683. The fourth-order valence-corrected chi connectivity index (χ4v) is 2.55. The quantitative estimate of drug-likeness (QED) is 0.596. The Morgan fingerprint density at radius 2 is 1.47 bits per heavy atom. The monoisotopic (exact) mass is 405 g/mol. The molecule has 0 saturated heterocycles. The molecular formula is C23H19NO6. The van der Waals surface area contributed by atoms with Crippen molar-refractivity contribution in [1.29, 1.82) is 0 Å². The maximum absolute atomic E-state index is 12.4. The van der Waals surface area contributed by atoms with Gasteiger partial charge < -0.3 is 19.5 Å². The Morgan fingerprint density at radius 3 is 2.17 bits per heavy atom. The van der Waals surface area contributed by atoms with Crippen LogP contribution in [-0.4, -0.2) is 31.6 Å². The van der Waals surface area contributed by atoms with Crippen LogP contribution in [0.25, 0.3) is 0 Å². The normalized spacial score (nSPS) is 10.0. The van der Waals surface area contributed by atoms with Crippen LogP contribution >= 0.6 is 0 Å². The number of benzene rings is 3. The zero-order valence-electron chi connectivity index (χ0n) is 16.2. The van der Waals surface area contributed by atoms with E-state index in [2.05, 4.69) is 10.1 Å². The first-order valence-electron chi connectivity index (χ1n) is 9.04. The molecule has 3 aromatic carbocycles. The molecular weight excluding hydrogens is 386 g/mol. The number of hydrogen-bond acceptors (Lipinski definition) is 6. The van der Waals surface area contributed by atoms with Crippen LogP contribution in [0.15, 0.2) is 78.9 Å². The maximum atomic E-state index is 12.4. The van der Waals surface area contributed by atoms with Gasteiger partial charge in [-0.2, -0.15) is 0 Å². The Balaban J connectivity index is 1.58. The van der Waals surface area contributed by atoms with Gasteiger partial charge in [0, 0.05) is 5.69 Å². The van der Waals surface area contributed by atoms with Crippen molar-refractivity contribution in [2.45, 2.75) is 0 Å². The van der Waals surface area contributed by atoms with Gasteiger partial charge in [-0.05, 0) is 48.5 Å². The van der Waals surface area contributed by atoms with E-state index in [1.54, 1.807) is 48.5 Å². The lowest BCUT2D eigenvalue weighted by Crippen LogP contribution is -2.21. The largest absolute Gasteiger partial charge is 0.465 e. The van der Waals surface area contributed by atoms with Crippen LogP contribution in [0.1, 0.15) is 20.7 Å². The molecule has 0 aliphatic heterocycles. The van der Waals surface area contributed by atoms with Crippen LogP contribution in [0.2, 0.25) is 0 Å². The smallest absolute Gasteiger partial charge is 0.342 e. The number of esters is 2. The molecule has 0 atom stereocenters. The molecule has 0 fully saturated rings. The predicted octanol–water partition coefficient (Wildman–Crippen LogP) is 4.06. The van der Waals surface area contributed by atoms with Gasteiger partial charge in [-0.1, -0.05) is 30.3 Å². The molecule has 0 aliphatic carbocycles. The van der Waals surface area contributed by atoms with Crippen LogP contribution in [0.3, 0.4) is 0 Å². The molecule has 0 bridgehead atoms. The van der Waals surface area contributed by atoms with Crippen molar-refractivity contribution in [3.63, 3.8) is 0 Å². The van der Waals surface area contributed by atoms with E-state index >= 15 is 0 Å². The van der Waals surface area contributed by atoms with Crippen molar-refractivity contribution in [3.8, 4) is 11.5 Å². The van der Waals surface area contributed by atoms with Gasteiger partial charge in [0.15, 0.2) is 6.61 Å².